The Bertz CT molecular complexity index is 360. The van der Waals surface area contributed by atoms with Crippen LogP contribution in [0.4, 0.5) is 4.39 Å². The zero-order valence-electron chi connectivity index (χ0n) is 9.10. The van der Waals surface area contributed by atoms with Crippen molar-refractivity contribution in [3.8, 4) is 5.75 Å². The molecule has 2 N–H and O–H groups in total. The predicted molar refractivity (Wildman–Crippen MR) is 59.9 cm³/mol. The van der Waals surface area contributed by atoms with Gasteiger partial charge in [-0.1, -0.05) is 11.6 Å². The number of benzene rings is 1. The summed E-state index contributed by atoms with van der Waals surface area (Å²) in [6, 6.07) is 2.84. The molecule has 0 heterocycles. The third kappa shape index (κ3) is 3.08. The Morgan fingerprint density at radius 2 is 2.07 bits per heavy atom. The SMILES string of the molecule is COc1ccc(F)c(CC(C)(C)N)c1Cl. The van der Waals surface area contributed by atoms with Crippen LogP contribution in [0.25, 0.3) is 0 Å². The van der Waals surface area contributed by atoms with Gasteiger partial charge < -0.3 is 10.5 Å². The Kier molecular flexibility index (Phi) is 3.58. The van der Waals surface area contributed by atoms with Gasteiger partial charge in [-0.25, -0.2) is 4.39 Å². The molecule has 0 aliphatic rings. The molecule has 15 heavy (non-hydrogen) atoms. The van der Waals surface area contributed by atoms with E-state index in [0.29, 0.717) is 22.8 Å². The predicted octanol–water partition coefficient (Wildman–Crippen LogP) is 2.77. The maximum absolute atomic E-state index is 13.5. The van der Waals surface area contributed by atoms with Gasteiger partial charge in [-0.05, 0) is 32.4 Å². The summed E-state index contributed by atoms with van der Waals surface area (Å²) in [7, 11) is 1.50. The Balaban J connectivity index is 3.15. The molecule has 1 aromatic carbocycles. The quantitative estimate of drug-likeness (QED) is 0.868. The molecule has 0 saturated carbocycles. The number of methoxy groups -OCH3 is 1. The van der Waals surface area contributed by atoms with Crippen LogP contribution in [0.3, 0.4) is 0 Å². The van der Waals surface area contributed by atoms with E-state index in [1.54, 1.807) is 0 Å². The molecule has 2 nitrogen and oxygen atoms in total. The Hall–Kier alpha value is -0.800. The average molecular weight is 232 g/mol. The Labute approximate surface area is 94.2 Å². The highest BCUT2D eigenvalue weighted by atomic mass is 35.5. The van der Waals surface area contributed by atoms with E-state index in [1.807, 2.05) is 13.8 Å². The molecule has 0 atom stereocenters. The van der Waals surface area contributed by atoms with Gasteiger partial charge in [0.1, 0.15) is 11.6 Å². The third-order valence-corrected chi connectivity index (χ3v) is 2.42. The van der Waals surface area contributed by atoms with Crippen molar-refractivity contribution in [1.29, 1.82) is 0 Å². The van der Waals surface area contributed by atoms with Crippen molar-refractivity contribution in [2.24, 2.45) is 5.73 Å². The number of nitrogens with two attached hydrogens (primary N) is 1. The summed E-state index contributed by atoms with van der Waals surface area (Å²) >= 11 is 6.00. The fraction of sp³-hybridized carbons (Fsp3) is 0.455. The van der Waals surface area contributed by atoms with E-state index in [1.165, 1.54) is 19.2 Å². The van der Waals surface area contributed by atoms with Gasteiger partial charge in [-0.2, -0.15) is 0 Å². The smallest absolute Gasteiger partial charge is 0.137 e. The highest BCUT2D eigenvalue weighted by Crippen LogP contribution is 2.31. The summed E-state index contributed by atoms with van der Waals surface area (Å²) in [6.45, 7) is 3.64. The standard InChI is InChI=1S/C11H15ClFNO/c1-11(2,14)6-7-8(13)4-5-9(15-3)10(7)12/h4-5H,6,14H2,1-3H3. The number of halogens is 2. The van der Waals surface area contributed by atoms with Crippen LogP contribution in [0.2, 0.25) is 5.02 Å². The lowest BCUT2D eigenvalue weighted by Crippen LogP contribution is -2.34. The minimum Gasteiger partial charge on any atom is -0.495 e. The van der Waals surface area contributed by atoms with Crippen LogP contribution < -0.4 is 10.5 Å². The maximum atomic E-state index is 13.5. The zero-order chi connectivity index (χ0) is 11.6. The van der Waals surface area contributed by atoms with Gasteiger partial charge in [0.25, 0.3) is 0 Å². The molecule has 0 aliphatic carbocycles. The molecule has 0 amide bonds. The number of ether oxygens (including phenoxy) is 1. The van der Waals surface area contributed by atoms with Crippen molar-refractivity contribution in [3.63, 3.8) is 0 Å². The second-order valence-corrected chi connectivity index (χ2v) is 4.59. The van der Waals surface area contributed by atoms with Crippen LogP contribution in [-0.2, 0) is 6.42 Å². The van der Waals surface area contributed by atoms with Gasteiger partial charge in [0, 0.05) is 11.1 Å². The lowest BCUT2D eigenvalue weighted by Gasteiger charge is -2.20. The Morgan fingerprint density at radius 3 is 2.53 bits per heavy atom. The molecule has 0 aliphatic heterocycles. The van der Waals surface area contributed by atoms with Crippen molar-refractivity contribution in [2.45, 2.75) is 25.8 Å². The van der Waals surface area contributed by atoms with E-state index in [4.69, 9.17) is 22.1 Å². The lowest BCUT2D eigenvalue weighted by molar-refractivity contribution is 0.411. The van der Waals surface area contributed by atoms with E-state index >= 15 is 0 Å². The summed E-state index contributed by atoms with van der Waals surface area (Å²) < 4.78 is 18.5. The van der Waals surface area contributed by atoms with E-state index in [9.17, 15) is 4.39 Å². The first-order valence-electron chi connectivity index (χ1n) is 4.65. The monoisotopic (exact) mass is 231 g/mol. The topological polar surface area (TPSA) is 35.2 Å². The van der Waals surface area contributed by atoms with E-state index in [2.05, 4.69) is 0 Å². The first kappa shape index (κ1) is 12.3. The summed E-state index contributed by atoms with van der Waals surface area (Å²) in [4.78, 5) is 0. The van der Waals surface area contributed by atoms with Gasteiger partial charge in [0.15, 0.2) is 0 Å². The molecule has 4 heteroatoms. The minimum absolute atomic E-state index is 0.302. The molecule has 0 fully saturated rings. The number of rotatable bonds is 3. The molecule has 0 saturated heterocycles. The molecule has 0 unspecified atom stereocenters. The van der Waals surface area contributed by atoms with Crippen molar-refractivity contribution in [1.82, 2.24) is 0 Å². The molecule has 0 radical (unpaired) electrons. The second-order valence-electron chi connectivity index (χ2n) is 4.21. The van der Waals surface area contributed by atoms with Crippen LogP contribution in [-0.4, -0.2) is 12.6 Å². The highest BCUT2D eigenvalue weighted by molar-refractivity contribution is 6.32. The summed E-state index contributed by atoms with van der Waals surface area (Å²) in [6.07, 6.45) is 0.370. The van der Waals surface area contributed by atoms with E-state index < -0.39 is 5.54 Å². The van der Waals surface area contributed by atoms with Crippen LogP contribution in [0.5, 0.6) is 5.75 Å². The van der Waals surface area contributed by atoms with Crippen molar-refractivity contribution in [2.75, 3.05) is 7.11 Å². The molecular formula is C11H15ClFNO. The van der Waals surface area contributed by atoms with E-state index in [0.717, 1.165) is 0 Å². The lowest BCUT2D eigenvalue weighted by atomic mass is 9.95. The highest BCUT2D eigenvalue weighted by Gasteiger charge is 2.19. The summed E-state index contributed by atoms with van der Waals surface area (Å²) in [5.74, 6) is 0.122. The van der Waals surface area contributed by atoms with Gasteiger partial charge >= 0.3 is 0 Å². The van der Waals surface area contributed by atoms with E-state index in [-0.39, 0.29) is 5.82 Å². The summed E-state index contributed by atoms with van der Waals surface area (Å²) in [5.41, 5.74) is 5.73. The average Bonchev–Trinajstić information content (AvgIpc) is 2.11. The minimum atomic E-state index is -0.503. The molecule has 0 aromatic heterocycles. The van der Waals surface area contributed by atoms with Crippen LogP contribution in [0, 0.1) is 5.82 Å². The third-order valence-electron chi connectivity index (χ3n) is 2.00. The van der Waals surface area contributed by atoms with Gasteiger partial charge in [-0.3, -0.25) is 0 Å². The molecule has 84 valence electrons. The molecule has 0 bridgehead atoms. The van der Waals surface area contributed by atoms with Gasteiger partial charge in [-0.15, -0.1) is 0 Å². The van der Waals surface area contributed by atoms with Gasteiger partial charge in [0.2, 0.25) is 0 Å². The second kappa shape index (κ2) is 4.37. The number of hydrogen-bond acceptors (Lipinski definition) is 2. The molecule has 0 spiro atoms. The van der Waals surface area contributed by atoms with Crippen LogP contribution >= 0.6 is 11.6 Å². The van der Waals surface area contributed by atoms with Crippen molar-refractivity contribution in [3.05, 3.63) is 28.5 Å². The normalized spacial score (nSPS) is 11.6. The summed E-state index contributed by atoms with van der Waals surface area (Å²) in [5, 5.41) is 0.302. The fourth-order valence-electron chi connectivity index (χ4n) is 1.35. The largest absolute Gasteiger partial charge is 0.495 e. The zero-order valence-corrected chi connectivity index (χ0v) is 9.86. The van der Waals surface area contributed by atoms with Crippen LogP contribution in [0.15, 0.2) is 12.1 Å². The molecule has 1 rings (SSSR count). The fourth-order valence-corrected chi connectivity index (χ4v) is 1.65. The first-order valence-corrected chi connectivity index (χ1v) is 5.02. The van der Waals surface area contributed by atoms with Crippen molar-refractivity contribution < 1.29 is 9.13 Å². The van der Waals surface area contributed by atoms with Crippen LogP contribution in [0.1, 0.15) is 19.4 Å². The molecule has 1 aromatic rings. The first-order chi connectivity index (χ1) is 6.85. The Morgan fingerprint density at radius 1 is 1.47 bits per heavy atom. The van der Waals surface area contributed by atoms with Gasteiger partial charge in [0.05, 0.1) is 12.1 Å². The number of hydrogen-bond donors (Lipinski definition) is 1. The van der Waals surface area contributed by atoms with Crippen molar-refractivity contribution >= 4 is 11.6 Å². The molecular weight excluding hydrogens is 217 g/mol. The maximum Gasteiger partial charge on any atom is 0.137 e.